The largest absolute Gasteiger partial charge is 0.409 e. The normalized spacial score (nSPS) is 12.1. The zero-order valence-corrected chi connectivity index (χ0v) is 12.3. The molecule has 0 spiro atoms. The second-order valence-corrected chi connectivity index (χ2v) is 6.18. The summed E-state index contributed by atoms with van der Waals surface area (Å²) in [5.74, 6) is -0.0991. The van der Waals surface area contributed by atoms with E-state index in [9.17, 15) is 8.42 Å². The summed E-state index contributed by atoms with van der Waals surface area (Å²) in [4.78, 5) is 0.0388. The van der Waals surface area contributed by atoms with Gasteiger partial charge >= 0.3 is 0 Å². The highest BCUT2D eigenvalue weighted by molar-refractivity contribution is 7.92. The molecule has 0 radical (unpaired) electrons. The van der Waals surface area contributed by atoms with E-state index in [-0.39, 0.29) is 10.7 Å². The van der Waals surface area contributed by atoms with E-state index in [0.717, 1.165) is 0 Å². The van der Waals surface area contributed by atoms with Gasteiger partial charge in [0.1, 0.15) is 0 Å². The van der Waals surface area contributed by atoms with E-state index in [4.69, 9.17) is 22.5 Å². The van der Waals surface area contributed by atoms with Crippen LogP contribution in [0.4, 0.5) is 5.69 Å². The fraction of sp³-hybridized carbons (Fsp3) is 0. The third kappa shape index (κ3) is 3.45. The number of oxime groups is 1. The molecule has 0 fully saturated rings. The summed E-state index contributed by atoms with van der Waals surface area (Å²) in [7, 11) is -3.76. The predicted octanol–water partition coefficient (Wildman–Crippen LogP) is 2.24. The molecule has 0 saturated carbocycles. The average molecular weight is 326 g/mol. The molecular weight excluding hydrogens is 314 g/mol. The molecule has 2 rings (SSSR count). The van der Waals surface area contributed by atoms with Crippen molar-refractivity contribution in [2.75, 3.05) is 4.72 Å². The van der Waals surface area contributed by atoms with Crippen LogP contribution in [-0.4, -0.2) is 19.5 Å². The first-order valence-corrected chi connectivity index (χ1v) is 7.65. The lowest BCUT2D eigenvalue weighted by atomic mass is 10.2. The summed E-state index contributed by atoms with van der Waals surface area (Å²) in [6.07, 6.45) is 0. The molecule has 0 saturated heterocycles. The Bertz CT molecular complexity index is 774. The van der Waals surface area contributed by atoms with Gasteiger partial charge in [-0.1, -0.05) is 28.9 Å². The number of nitrogens with two attached hydrogens (primary N) is 1. The first-order chi connectivity index (χ1) is 9.94. The van der Waals surface area contributed by atoms with Crippen molar-refractivity contribution in [3.63, 3.8) is 0 Å². The molecule has 0 aromatic heterocycles. The van der Waals surface area contributed by atoms with Gasteiger partial charge in [-0.2, -0.15) is 0 Å². The predicted molar refractivity (Wildman–Crippen MR) is 81.2 cm³/mol. The van der Waals surface area contributed by atoms with Crippen LogP contribution in [0.2, 0.25) is 5.02 Å². The van der Waals surface area contributed by atoms with Crippen LogP contribution in [0.25, 0.3) is 0 Å². The number of para-hydroxylation sites is 1. The van der Waals surface area contributed by atoms with Gasteiger partial charge in [0.25, 0.3) is 10.0 Å². The van der Waals surface area contributed by atoms with Crippen LogP contribution in [0.1, 0.15) is 5.56 Å². The molecule has 0 heterocycles. The van der Waals surface area contributed by atoms with Gasteiger partial charge in [-0.25, -0.2) is 8.42 Å². The number of nitrogens with one attached hydrogen (secondary N) is 1. The van der Waals surface area contributed by atoms with Crippen LogP contribution in [0, 0.1) is 0 Å². The molecule has 6 nitrogen and oxygen atoms in total. The van der Waals surface area contributed by atoms with Gasteiger partial charge in [0.2, 0.25) is 0 Å². The lowest BCUT2D eigenvalue weighted by Gasteiger charge is -2.09. The van der Waals surface area contributed by atoms with Crippen LogP contribution in [0.3, 0.4) is 0 Å². The second-order valence-electron chi connectivity index (χ2n) is 4.09. The van der Waals surface area contributed by atoms with Gasteiger partial charge in [-0.3, -0.25) is 4.72 Å². The summed E-state index contributed by atoms with van der Waals surface area (Å²) in [5.41, 5.74) is 6.12. The van der Waals surface area contributed by atoms with Gasteiger partial charge in [-0.15, -0.1) is 0 Å². The number of benzene rings is 2. The SMILES string of the molecule is N/C(=N\O)c1ccc(S(=O)(=O)Nc2ccccc2Cl)cc1. The minimum Gasteiger partial charge on any atom is -0.409 e. The van der Waals surface area contributed by atoms with Gasteiger partial charge in [0.05, 0.1) is 15.6 Å². The Morgan fingerprint density at radius 2 is 1.76 bits per heavy atom. The Hall–Kier alpha value is -2.25. The molecule has 0 bridgehead atoms. The first kappa shape index (κ1) is 15.1. The van der Waals surface area contributed by atoms with E-state index in [1.807, 2.05) is 0 Å². The number of amidine groups is 1. The van der Waals surface area contributed by atoms with Crippen LogP contribution >= 0.6 is 11.6 Å². The number of nitrogens with zero attached hydrogens (tertiary/aromatic N) is 1. The van der Waals surface area contributed by atoms with E-state index in [1.54, 1.807) is 24.3 Å². The Morgan fingerprint density at radius 3 is 2.33 bits per heavy atom. The topological polar surface area (TPSA) is 105 Å². The summed E-state index contributed by atoms with van der Waals surface area (Å²) >= 11 is 5.92. The van der Waals surface area contributed by atoms with Crippen LogP contribution in [0.15, 0.2) is 58.6 Å². The van der Waals surface area contributed by atoms with Crippen molar-refractivity contribution in [2.24, 2.45) is 10.9 Å². The molecule has 0 atom stereocenters. The lowest BCUT2D eigenvalue weighted by molar-refractivity contribution is 0.318. The standard InChI is InChI=1S/C13H12ClN3O3S/c14-11-3-1-2-4-12(11)17-21(19,20)10-7-5-9(6-8-10)13(15)16-18/h1-8,17-18H,(H2,15,16). The van der Waals surface area contributed by atoms with Crippen LogP contribution < -0.4 is 10.5 Å². The maximum Gasteiger partial charge on any atom is 0.261 e. The van der Waals surface area contributed by atoms with E-state index >= 15 is 0 Å². The van der Waals surface area contributed by atoms with E-state index in [2.05, 4.69) is 9.88 Å². The van der Waals surface area contributed by atoms with E-state index < -0.39 is 10.0 Å². The molecule has 0 amide bonds. The molecule has 21 heavy (non-hydrogen) atoms. The molecule has 0 aliphatic heterocycles. The summed E-state index contributed by atoms with van der Waals surface area (Å²) in [6.45, 7) is 0. The van der Waals surface area contributed by atoms with Crippen molar-refractivity contribution in [1.29, 1.82) is 0 Å². The van der Waals surface area contributed by atoms with Gasteiger partial charge < -0.3 is 10.9 Å². The number of hydrogen-bond acceptors (Lipinski definition) is 4. The van der Waals surface area contributed by atoms with E-state index in [0.29, 0.717) is 16.3 Å². The Kier molecular flexibility index (Phi) is 4.35. The summed E-state index contributed by atoms with van der Waals surface area (Å²) < 4.78 is 26.8. The fourth-order valence-electron chi connectivity index (χ4n) is 1.61. The molecule has 8 heteroatoms. The van der Waals surface area contributed by atoms with Gasteiger partial charge in [0, 0.05) is 5.56 Å². The highest BCUT2D eigenvalue weighted by Gasteiger charge is 2.15. The fourth-order valence-corrected chi connectivity index (χ4v) is 2.93. The van der Waals surface area contributed by atoms with Crippen LogP contribution in [-0.2, 0) is 10.0 Å². The third-order valence-corrected chi connectivity index (χ3v) is 4.40. The van der Waals surface area contributed by atoms with Crippen LogP contribution in [0.5, 0.6) is 0 Å². The minimum atomic E-state index is -3.76. The highest BCUT2D eigenvalue weighted by Crippen LogP contribution is 2.24. The lowest BCUT2D eigenvalue weighted by Crippen LogP contribution is -2.15. The Labute approximate surface area is 126 Å². The van der Waals surface area contributed by atoms with Crippen molar-refractivity contribution < 1.29 is 13.6 Å². The highest BCUT2D eigenvalue weighted by atomic mass is 35.5. The molecule has 4 N–H and O–H groups in total. The van der Waals surface area contributed by atoms with Crippen molar-refractivity contribution in [1.82, 2.24) is 0 Å². The monoisotopic (exact) mass is 325 g/mol. The molecule has 0 aliphatic rings. The second kappa shape index (κ2) is 6.02. The van der Waals surface area contributed by atoms with E-state index in [1.165, 1.54) is 24.3 Å². The molecular formula is C13H12ClN3O3S. The first-order valence-electron chi connectivity index (χ1n) is 5.79. The maximum atomic E-state index is 12.2. The smallest absolute Gasteiger partial charge is 0.261 e. The van der Waals surface area contributed by atoms with Crippen molar-refractivity contribution in [3.8, 4) is 0 Å². The van der Waals surface area contributed by atoms with Crippen molar-refractivity contribution >= 4 is 33.1 Å². The third-order valence-electron chi connectivity index (χ3n) is 2.69. The molecule has 0 unspecified atom stereocenters. The number of hydrogen-bond donors (Lipinski definition) is 3. The minimum absolute atomic E-state index is 0.0388. The van der Waals surface area contributed by atoms with Gasteiger partial charge in [-0.05, 0) is 36.4 Å². The zero-order chi connectivity index (χ0) is 15.5. The number of halogens is 1. The maximum absolute atomic E-state index is 12.2. The molecule has 0 aliphatic carbocycles. The Morgan fingerprint density at radius 1 is 1.14 bits per heavy atom. The molecule has 110 valence electrons. The molecule has 2 aromatic rings. The zero-order valence-electron chi connectivity index (χ0n) is 10.7. The molecule has 2 aromatic carbocycles. The Balaban J connectivity index is 2.30. The van der Waals surface area contributed by atoms with Crippen molar-refractivity contribution in [3.05, 3.63) is 59.1 Å². The van der Waals surface area contributed by atoms with Gasteiger partial charge in [0.15, 0.2) is 5.84 Å². The quantitative estimate of drug-likeness (QED) is 0.347. The number of anilines is 1. The average Bonchev–Trinajstić information content (AvgIpc) is 2.49. The van der Waals surface area contributed by atoms with Crippen molar-refractivity contribution in [2.45, 2.75) is 4.90 Å². The summed E-state index contributed by atoms with van der Waals surface area (Å²) in [6, 6.07) is 12.1. The number of sulfonamides is 1. The summed E-state index contributed by atoms with van der Waals surface area (Å²) in [5, 5.41) is 11.7. The number of rotatable bonds is 4.